The summed E-state index contributed by atoms with van der Waals surface area (Å²) in [5, 5.41) is 0. The summed E-state index contributed by atoms with van der Waals surface area (Å²) in [5.74, 6) is 0.454. The van der Waals surface area contributed by atoms with Crippen LogP contribution in [0.15, 0.2) is 0 Å². The minimum atomic E-state index is 0.454. The number of Topliss-reactive ketones (excluding diaryl/α,β-unsaturated/α-hetero) is 1. The van der Waals surface area contributed by atoms with Gasteiger partial charge >= 0.3 is 0 Å². The van der Waals surface area contributed by atoms with Crippen molar-refractivity contribution < 1.29 is 4.79 Å². The molecule has 0 aromatic heterocycles. The molecule has 0 aromatic rings. The Bertz CT molecular complexity index is 98.4. The van der Waals surface area contributed by atoms with Crippen LogP contribution in [0.5, 0.6) is 0 Å². The molecule has 0 spiro atoms. The minimum Gasteiger partial charge on any atom is -0.300 e. The van der Waals surface area contributed by atoms with Gasteiger partial charge < -0.3 is 0 Å². The summed E-state index contributed by atoms with van der Waals surface area (Å²) in [7, 11) is 0. The van der Waals surface area contributed by atoms with Crippen LogP contribution in [-0.4, -0.2) is 5.78 Å². The summed E-state index contributed by atoms with van der Waals surface area (Å²) in [4.78, 5) is 10.2. The van der Waals surface area contributed by atoms with E-state index in [1.54, 1.807) is 0 Å². The van der Waals surface area contributed by atoms with E-state index in [1.165, 1.54) is 32.1 Å². The first-order valence-electron chi connectivity index (χ1n) is 4.91. The molecule has 2 saturated carbocycles. The van der Waals surface area contributed by atoms with E-state index >= 15 is 0 Å². The molecule has 1 nitrogen and oxygen atoms in total. The summed E-state index contributed by atoms with van der Waals surface area (Å²) >= 11 is 0. The minimum absolute atomic E-state index is 0.454. The van der Waals surface area contributed by atoms with E-state index in [4.69, 9.17) is 0 Å². The van der Waals surface area contributed by atoms with E-state index in [9.17, 15) is 4.79 Å². The van der Waals surface area contributed by atoms with Gasteiger partial charge in [-0.05, 0) is 12.8 Å². The van der Waals surface area contributed by atoms with E-state index in [0.29, 0.717) is 5.78 Å². The average Bonchev–Trinajstić information content (AvgIpc) is 2.57. The Hall–Kier alpha value is -0.330. The third-order valence-electron chi connectivity index (χ3n) is 2.41. The topological polar surface area (TPSA) is 17.1 Å². The van der Waals surface area contributed by atoms with E-state index < -0.39 is 0 Å². The first-order chi connectivity index (χ1) is 5.39. The molecule has 2 aliphatic carbocycles. The van der Waals surface area contributed by atoms with Gasteiger partial charge in [0.15, 0.2) is 0 Å². The number of ketones is 1. The van der Waals surface area contributed by atoms with Crippen molar-refractivity contribution in [2.45, 2.75) is 57.8 Å². The molecular weight excluding hydrogens is 136 g/mol. The van der Waals surface area contributed by atoms with Crippen molar-refractivity contribution in [2.24, 2.45) is 0 Å². The van der Waals surface area contributed by atoms with Gasteiger partial charge in [0.1, 0.15) is 5.78 Å². The molecule has 0 aliphatic heterocycles. The van der Waals surface area contributed by atoms with Crippen LogP contribution >= 0.6 is 0 Å². The van der Waals surface area contributed by atoms with Crippen molar-refractivity contribution in [1.82, 2.24) is 0 Å². The molecule has 0 bridgehead atoms. The van der Waals surface area contributed by atoms with E-state index in [0.717, 1.165) is 25.7 Å². The molecule has 0 radical (unpaired) electrons. The third kappa shape index (κ3) is 4.18. The molecule has 0 atom stereocenters. The highest BCUT2D eigenvalue weighted by Gasteiger charge is 2.07. The van der Waals surface area contributed by atoms with Crippen molar-refractivity contribution in [1.29, 1.82) is 0 Å². The average molecular weight is 154 g/mol. The predicted molar refractivity (Wildman–Crippen MR) is 46.6 cm³/mol. The Labute approximate surface area is 69.2 Å². The number of hydrogen-bond acceptors (Lipinski definition) is 1. The molecule has 2 aliphatic rings. The fraction of sp³-hybridized carbons (Fsp3) is 0.900. The van der Waals surface area contributed by atoms with Crippen LogP contribution < -0.4 is 0 Å². The lowest BCUT2D eigenvalue weighted by atomic mass is 10.4. The first kappa shape index (κ1) is 8.76. The lowest BCUT2D eigenvalue weighted by Crippen LogP contribution is -1.81. The van der Waals surface area contributed by atoms with Crippen LogP contribution in [0, 0.1) is 0 Å². The van der Waals surface area contributed by atoms with E-state index in [2.05, 4.69) is 0 Å². The number of rotatable bonds is 0. The van der Waals surface area contributed by atoms with Crippen LogP contribution in [0.4, 0.5) is 0 Å². The summed E-state index contributed by atoms with van der Waals surface area (Å²) in [6.45, 7) is 0. The number of carbonyl (C=O) groups excluding carboxylic acids is 1. The van der Waals surface area contributed by atoms with Crippen molar-refractivity contribution >= 4 is 5.78 Å². The molecule has 0 saturated heterocycles. The fourth-order valence-corrected chi connectivity index (χ4v) is 1.65. The van der Waals surface area contributed by atoms with Gasteiger partial charge in [-0.25, -0.2) is 0 Å². The van der Waals surface area contributed by atoms with Crippen molar-refractivity contribution in [3.63, 3.8) is 0 Å². The molecule has 0 N–H and O–H groups in total. The van der Waals surface area contributed by atoms with Crippen molar-refractivity contribution in [3.05, 3.63) is 0 Å². The summed E-state index contributed by atoms with van der Waals surface area (Å²) in [6.07, 6.45) is 11.5. The lowest BCUT2D eigenvalue weighted by Gasteiger charge is -1.71. The van der Waals surface area contributed by atoms with E-state index in [-0.39, 0.29) is 0 Å². The predicted octanol–water partition coefficient (Wildman–Crippen LogP) is 3.08. The zero-order valence-corrected chi connectivity index (χ0v) is 7.27. The maximum absolute atomic E-state index is 10.2. The zero-order chi connectivity index (χ0) is 7.94. The monoisotopic (exact) mass is 154 g/mol. The Morgan fingerprint density at radius 3 is 1.18 bits per heavy atom. The second-order valence-electron chi connectivity index (χ2n) is 3.51. The maximum Gasteiger partial charge on any atom is 0.132 e. The zero-order valence-electron chi connectivity index (χ0n) is 7.27. The highest BCUT2D eigenvalue weighted by Crippen LogP contribution is 2.15. The van der Waals surface area contributed by atoms with Gasteiger partial charge in [-0.3, -0.25) is 4.79 Å². The molecular formula is C10H18O. The third-order valence-corrected chi connectivity index (χ3v) is 2.41. The summed E-state index contributed by atoms with van der Waals surface area (Å²) in [5.41, 5.74) is 0. The highest BCUT2D eigenvalue weighted by atomic mass is 16.1. The van der Waals surface area contributed by atoms with Gasteiger partial charge in [-0.1, -0.05) is 32.1 Å². The molecule has 0 amide bonds. The Balaban J connectivity index is 0.000000112. The van der Waals surface area contributed by atoms with Crippen molar-refractivity contribution in [2.75, 3.05) is 0 Å². The molecule has 0 aromatic carbocycles. The normalized spacial score (nSPS) is 23.1. The van der Waals surface area contributed by atoms with E-state index in [1.807, 2.05) is 0 Å². The molecule has 2 rings (SSSR count). The van der Waals surface area contributed by atoms with Gasteiger partial charge in [0.2, 0.25) is 0 Å². The molecule has 1 heteroatoms. The van der Waals surface area contributed by atoms with Crippen LogP contribution in [0.1, 0.15) is 57.8 Å². The lowest BCUT2D eigenvalue weighted by molar-refractivity contribution is -0.117. The van der Waals surface area contributed by atoms with Gasteiger partial charge in [0.25, 0.3) is 0 Å². The molecule has 64 valence electrons. The Morgan fingerprint density at radius 1 is 0.636 bits per heavy atom. The molecule has 2 fully saturated rings. The fourth-order valence-electron chi connectivity index (χ4n) is 1.65. The quantitative estimate of drug-likeness (QED) is 0.524. The standard InChI is InChI=1S/C5H8O.C5H10/c6-5-3-1-2-4-5;1-2-4-5-3-1/h1-4H2;1-5H2. The van der Waals surface area contributed by atoms with Crippen LogP contribution in [0.3, 0.4) is 0 Å². The second-order valence-corrected chi connectivity index (χ2v) is 3.51. The summed E-state index contributed by atoms with van der Waals surface area (Å²) in [6, 6.07) is 0. The number of carbonyl (C=O) groups is 1. The van der Waals surface area contributed by atoms with Gasteiger partial charge in [0.05, 0.1) is 0 Å². The number of hydrogen-bond donors (Lipinski definition) is 0. The SMILES string of the molecule is C1CCCC1.O=C1CCCC1. The second kappa shape index (κ2) is 5.34. The van der Waals surface area contributed by atoms with Crippen LogP contribution in [0.2, 0.25) is 0 Å². The summed E-state index contributed by atoms with van der Waals surface area (Å²) < 4.78 is 0. The van der Waals surface area contributed by atoms with Gasteiger partial charge in [-0.2, -0.15) is 0 Å². The maximum atomic E-state index is 10.2. The van der Waals surface area contributed by atoms with Gasteiger partial charge in [0, 0.05) is 12.8 Å². The molecule has 11 heavy (non-hydrogen) atoms. The Morgan fingerprint density at radius 2 is 1.00 bits per heavy atom. The Kier molecular flexibility index (Phi) is 4.25. The smallest absolute Gasteiger partial charge is 0.132 e. The van der Waals surface area contributed by atoms with Gasteiger partial charge in [-0.15, -0.1) is 0 Å². The van der Waals surface area contributed by atoms with Crippen molar-refractivity contribution in [3.8, 4) is 0 Å². The first-order valence-corrected chi connectivity index (χ1v) is 4.91. The van der Waals surface area contributed by atoms with Crippen LogP contribution in [-0.2, 0) is 4.79 Å². The molecule has 0 unspecified atom stereocenters. The molecule has 0 heterocycles. The van der Waals surface area contributed by atoms with Crippen LogP contribution in [0.25, 0.3) is 0 Å². The highest BCUT2D eigenvalue weighted by molar-refractivity contribution is 5.79. The largest absolute Gasteiger partial charge is 0.300 e.